The number of benzene rings is 1. The van der Waals surface area contributed by atoms with E-state index in [1.807, 2.05) is 0 Å². The van der Waals surface area contributed by atoms with Gasteiger partial charge in [-0.25, -0.2) is 0 Å². The minimum Gasteiger partial charge on any atom is -0.423 e. The van der Waals surface area contributed by atoms with Crippen LogP contribution in [0.2, 0.25) is 0 Å². The Morgan fingerprint density at radius 3 is 2.27 bits per heavy atom. The van der Waals surface area contributed by atoms with Crippen LogP contribution in [0.3, 0.4) is 0 Å². The summed E-state index contributed by atoms with van der Waals surface area (Å²) in [5.41, 5.74) is 6.32. The molecule has 0 radical (unpaired) electrons. The summed E-state index contributed by atoms with van der Waals surface area (Å²) >= 11 is 0. The van der Waals surface area contributed by atoms with Gasteiger partial charge in [0.25, 0.3) is 0 Å². The Kier molecular flexibility index (Phi) is 3.64. The maximum atomic E-state index is 8.65. The van der Waals surface area contributed by atoms with E-state index in [-0.39, 0.29) is 7.43 Å². The summed E-state index contributed by atoms with van der Waals surface area (Å²) in [6.45, 7) is 0. The molecule has 0 aliphatic carbocycles. The molecule has 0 aromatic heterocycles. The molecule has 3 nitrogen and oxygen atoms in total. The average Bonchev–Trinajstić information content (AvgIpc) is 1.88. The number of hydrogen-bond acceptors (Lipinski definition) is 3. The lowest BCUT2D eigenvalue weighted by Gasteiger charge is -1.98. The molecule has 4 heteroatoms. The van der Waals surface area contributed by atoms with Gasteiger partial charge >= 0.3 is 7.12 Å². The molecule has 0 amide bonds. The molecule has 60 valence electrons. The van der Waals surface area contributed by atoms with E-state index in [1.165, 1.54) is 6.07 Å². The zero-order chi connectivity index (χ0) is 7.56. The van der Waals surface area contributed by atoms with Crippen molar-refractivity contribution in [1.82, 2.24) is 0 Å². The van der Waals surface area contributed by atoms with Crippen LogP contribution in [-0.2, 0) is 0 Å². The first kappa shape index (κ1) is 10.0. The van der Waals surface area contributed by atoms with Crippen LogP contribution >= 0.6 is 0 Å². The Labute approximate surface area is 66.6 Å². The molecule has 0 saturated heterocycles. The minimum atomic E-state index is -1.43. The number of nitrogens with two attached hydrogens (primary N) is 1. The molecule has 0 fully saturated rings. The fraction of sp³-hybridized carbons (Fsp3) is 0.143. The average molecular weight is 153 g/mol. The Balaban J connectivity index is 0.000001000. The molecule has 0 aliphatic rings. The van der Waals surface area contributed by atoms with E-state index in [1.54, 1.807) is 18.2 Å². The highest BCUT2D eigenvalue weighted by molar-refractivity contribution is 6.58. The van der Waals surface area contributed by atoms with Crippen LogP contribution in [-0.4, -0.2) is 17.2 Å². The molecule has 0 heterocycles. The SMILES string of the molecule is C.Nc1cccc(B(O)O)c1. The van der Waals surface area contributed by atoms with Crippen molar-refractivity contribution in [3.63, 3.8) is 0 Å². The second kappa shape index (κ2) is 4.00. The summed E-state index contributed by atoms with van der Waals surface area (Å²) in [5.74, 6) is 0. The van der Waals surface area contributed by atoms with Gasteiger partial charge in [0, 0.05) is 5.69 Å². The number of nitrogen functional groups attached to an aromatic ring is 1. The Morgan fingerprint density at radius 1 is 1.27 bits per heavy atom. The van der Waals surface area contributed by atoms with Crippen LogP contribution in [0.5, 0.6) is 0 Å². The summed E-state index contributed by atoms with van der Waals surface area (Å²) in [7, 11) is -1.43. The highest BCUT2D eigenvalue weighted by Crippen LogP contribution is 1.95. The van der Waals surface area contributed by atoms with Gasteiger partial charge in [-0.2, -0.15) is 0 Å². The van der Waals surface area contributed by atoms with Crippen LogP contribution < -0.4 is 11.2 Å². The normalized spacial score (nSPS) is 8.55. The highest BCUT2D eigenvalue weighted by Gasteiger charge is 2.09. The van der Waals surface area contributed by atoms with E-state index in [4.69, 9.17) is 15.8 Å². The maximum Gasteiger partial charge on any atom is 0.488 e. The Morgan fingerprint density at radius 2 is 1.91 bits per heavy atom. The summed E-state index contributed by atoms with van der Waals surface area (Å²) < 4.78 is 0. The molecule has 0 aliphatic heterocycles. The molecule has 0 bridgehead atoms. The van der Waals surface area contributed by atoms with Gasteiger partial charge in [0.05, 0.1) is 0 Å². The number of hydrogen-bond donors (Lipinski definition) is 3. The molecule has 1 aromatic carbocycles. The van der Waals surface area contributed by atoms with Gasteiger partial charge < -0.3 is 15.8 Å². The fourth-order valence-corrected chi connectivity index (χ4v) is 0.720. The van der Waals surface area contributed by atoms with E-state index >= 15 is 0 Å². The molecule has 1 rings (SSSR count). The smallest absolute Gasteiger partial charge is 0.423 e. The molecule has 1 aromatic rings. The van der Waals surface area contributed by atoms with Gasteiger partial charge in [-0.15, -0.1) is 0 Å². The second-order valence-corrected chi connectivity index (χ2v) is 2.04. The predicted octanol–water partition coefficient (Wildman–Crippen LogP) is -0.415. The Bertz CT molecular complexity index is 227. The maximum absolute atomic E-state index is 8.65. The molecular weight excluding hydrogens is 141 g/mol. The van der Waals surface area contributed by atoms with Crippen LogP contribution in [0.25, 0.3) is 0 Å². The van der Waals surface area contributed by atoms with Crippen LogP contribution in [0.1, 0.15) is 7.43 Å². The summed E-state index contributed by atoms with van der Waals surface area (Å²) in [6.07, 6.45) is 0. The number of anilines is 1. The van der Waals surface area contributed by atoms with Crippen molar-refractivity contribution in [3.05, 3.63) is 24.3 Å². The van der Waals surface area contributed by atoms with Crippen molar-refractivity contribution in [3.8, 4) is 0 Å². The van der Waals surface area contributed by atoms with Crippen molar-refractivity contribution in [2.45, 2.75) is 7.43 Å². The van der Waals surface area contributed by atoms with Crippen LogP contribution in [0, 0.1) is 0 Å². The summed E-state index contributed by atoms with van der Waals surface area (Å²) in [4.78, 5) is 0. The fourth-order valence-electron chi connectivity index (χ4n) is 0.720. The molecule has 0 unspecified atom stereocenters. The van der Waals surface area contributed by atoms with Crippen molar-refractivity contribution in [2.75, 3.05) is 5.73 Å². The molecule has 0 atom stereocenters. The third kappa shape index (κ3) is 2.61. The zero-order valence-corrected chi connectivity index (χ0v) is 5.36. The monoisotopic (exact) mass is 153 g/mol. The van der Waals surface area contributed by atoms with Gasteiger partial charge in [-0.1, -0.05) is 19.6 Å². The predicted molar refractivity (Wildman–Crippen MR) is 47.4 cm³/mol. The number of rotatable bonds is 1. The first-order valence-corrected chi connectivity index (χ1v) is 2.92. The van der Waals surface area contributed by atoms with Crippen molar-refractivity contribution in [2.24, 2.45) is 0 Å². The van der Waals surface area contributed by atoms with Gasteiger partial charge in [0.15, 0.2) is 0 Å². The van der Waals surface area contributed by atoms with Gasteiger partial charge in [0.2, 0.25) is 0 Å². The first-order valence-electron chi connectivity index (χ1n) is 2.92. The van der Waals surface area contributed by atoms with Crippen LogP contribution in [0.15, 0.2) is 24.3 Å². The zero-order valence-electron chi connectivity index (χ0n) is 5.36. The van der Waals surface area contributed by atoms with Crippen LogP contribution in [0.4, 0.5) is 5.69 Å². The third-order valence-corrected chi connectivity index (χ3v) is 1.21. The van der Waals surface area contributed by atoms with E-state index in [9.17, 15) is 0 Å². The second-order valence-electron chi connectivity index (χ2n) is 2.04. The van der Waals surface area contributed by atoms with Gasteiger partial charge in [-0.05, 0) is 17.6 Å². The largest absolute Gasteiger partial charge is 0.488 e. The molecule has 11 heavy (non-hydrogen) atoms. The van der Waals surface area contributed by atoms with Crippen molar-refractivity contribution < 1.29 is 10.0 Å². The molecule has 0 saturated carbocycles. The molecule has 0 spiro atoms. The quantitative estimate of drug-likeness (QED) is 0.379. The lowest BCUT2D eigenvalue weighted by Crippen LogP contribution is -2.29. The standard InChI is InChI=1S/C6H8BNO2.CH4/c8-6-3-1-2-5(4-6)7(9)10;/h1-4,9-10H,8H2;1H4. The Hall–Kier alpha value is -0.995. The first-order chi connectivity index (χ1) is 4.70. The highest BCUT2D eigenvalue weighted by atomic mass is 16.4. The van der Waals surface area contributed by atoms with Gasteiger partial charge in [-0.3, -0.25) is 0 Å². The minimum absolute atomic E-state index is 0. The summed E-state index contributed by atoms with van der Waals surface area (Å²) in [5, 5.41) is 17.3. The van der Waals surface area contributed by atoms with E-state index in [2.05, 4.69) is 0 Å². The lowest BCUT2D eigenvalue weighted by molar-refractivity contribution is 0.426. The third-order valence-electron chi connectivity index (χ3n) is 1.21. The van der Waals surface area contributed by atoms with Crippen molar-refractivity contribution in [1.29, 1.82) is 0 Å². The molecule has 4 N–H and O–H groups in total. The van der Waals surface area contributed by atoms with E-state index < -0.39 is 7.12 Å². The van der Waals surface area contributed by atoms with E-state index in [0.717, 1.165) is 0 Å². The summed E-state index contributed by atoms with van der Waals surface area (Å²) in [6, 6.07) is 6.47. The van der Waals surface area contributed by atoms with Gasteiger partial charge in [0.1, 0.15) is 0 Å². The molecular formula is C7H12BNO2. The van der Waals surface area contributed by atoms with Crippen molar-refractivity contribution >= 4 is 18.3 Å². The van der Waals surface area contributed by atoms with E-state index in [0.29, 0.717) is 11.2 Å². The topological polar surface area (TPSA) is 66.5 Å². The lowest BCUT2D eigenvalue weighted by atomic mass is 9.80.